The summed E-state index contributed by atoms with van der Waals surface area (Å²) in [7, 11) is 0. The van der Waals surface area contributed by atoms with E-state index in [4.69, 9.17) is 16.7 Å². The Morgan fingerprint density at radius 2 is 1.88 bits per heavy atom. The molecule has 0 spiro atoms. The van der Waals surface area contributed by atoms with Crippen LogP contribution in [-0.2, 0) is 4.79 Å². The first-order valence-corrected chi connectivity index (χ1v) is 5.13. The summed E-state index contributed by atoms with van der Waals surface area (Å²) in [5.41, 5.74) is 1.25. The fourth-order valence-electron chi connectivity index (χ4n) is 1.16. The van der Waals surface area contributed by atoms with Gasteiger partial charge in [-0.05, 0) is 18.6 Å². The number of hydrogen-bond donors (Lipinski definition) is 1. The predicted molar refractivity (Wildman–Crippen MR) is 62.8 cm³/mol. The van der Waals surface area contributed by atoms with Crippen molar-refractivity contribution in [3.05, 3.63) is 41.5 Å². The molecule has 1 atom stereocenters. The lowest BCUT2D eigenvalue weighted by atomic mass is 10.1. The van der Waals surface area contributed by atoms with Crippen molar-refractivity contribution in [2.75, 3.05) is 0 Å². The number of alkyl halides is 1. The summed E-state index contributed by atoms with van der Waals surface area (Å²) in [6, 6.07) is 6.60. The van der Waals surface area contributed by atoms with Gasteiger partial charge in [0.25, 0.3) is 0 Å². The third-order valence-corrected chi connectivity index (χ3v) is 2.17. The molecule has 1 aromatic carbocycles. The molecule has 84 valence electrons. The Kier molecular flexibility index (Phi) is 4.26. The molecule has 1 unspecified atom stereocenters. The van der Waals surface area contributed by atoms with Gasteiger partial charge in [0.1, 0.15) is 0 Å². The van der Waals surface area contributed by atoms with Gasteiger partial charge in [-0.1, -0.05) is 24.3 Å². The Morgan fingerprint density at radius 3 is 2.31 bits per heavy atom. The van der Waals surface area contributed by atoms with Crippen molar-refractivity contribution >= 4 is 29.4 Å². The summed E-state index contributed by atoms with van der Waals surface area (Å²) in [6.45, 7) is 1.61. The first-order chi connectivity index (χ1) is 7.50. The van der Waals surface area contributed by atoms with Gasteiger partial charge < -0.3 is 5.11 Å². The highest BCUT2D eigenvalue weighted by atomic mass is 35.5. The molecule has 1 rings (SSSR count). The minimum Gasteiger partial charge on any atom is -0.478 e. The number of carbonyl (C=O) groups is 2. The molecule has 0 saturated heterocycles. The fraction of sp³-hybridized carbons (Fsp3) is 0.167. The summed E-state index contributed by atoms with van der Waals surface area (Å²) in [5.74, 6) is -1.15. The number of rotatable bonds is 4. The van der Waals surface area contributed by atoms with Crippen LogP contribution in [0.15, 0.2) is 30.3 Å². The molecule has 0 aliphatic carbocycles. The maximum absolute atomic E-state index is 11.5. The van der Waals surface area contributed by atoms with Crippen molar-refractivity contribution in [2.45, 2.75) is 12.3 Å². The quantitative estimate of drug-likeness (QED) is 0.498. The number of ketones is 1. The predicted octanol–water partition coefficient (Wildman–Crippen LogP) is 2.59. The summed E-state index contributed by atoms with van der Waals surface area (Å²) >= 11 is 5.66. The molecule has 0 saturated carbocycles. The monoisotopic (exact) mass is 238 g/mol. The van der Waals surface area contributed by atoms with Gasteiger partial charge in [-0.15, -0.1) is 11.6 Å². The zero-order valence-electron chi connectivity index (χ0n) is 8.68. The van der Waals surface area contributed by atoms with Gasteiger partial charge in [0.2, 0.25) is 0 Å². The number of Topliss-reactive ketones (excluding diaryl/α,β-unsaturated/α-hetero) is 1. The molecule has 16 heavy (non-hydrogen) atoms. The molecule has 0 heterocycles. The molecule has 0 bridgehead atoms. The highest BCUT2D eigenvalue weighted by Crippen LogP contribution is 2.10. The normalized spacial score (nSPS) is 12.6. The molecule has 0 fully saturated rings. The van der Waals surface area contributed by atoms with Crippen LogP contribution in [0, 0.1) is 0 Å². The van der Waals surface area contributed by atoms with Crippen LogP contribution in [0.4, 0.5) is 0 Å². The van der Waals surface area contributed by atoms with Crippen molar-refractivity contribution in [2.24, 2.45) is 0 Å². The SMILES string of the molecule is CC(Cl)C(=O)c1ccc(C=CC(=O)O)cc1. The maximum atomic E-state index is 11.5. The topological polar surface area (TPSA) is 54.4 Å². The summed E-state index contributed by atoms with van der Waals surface area (Å²) in [5, 5.41) is 7.88. The van der Waals surface area contributed by atoms with E-state index in [1.165, 1.54) is 6.08 Å². The van der Waals surface area contributed by atoms with Crippen LogP contribution in [0.5, 0.6) is 0 Å². The minimum absolute atomic E-state index is 0.143. The molecule has 4 heteroatoms. The second-order valence-electron chi connectivity index (χ2n) is 3.27. The lowest BCUT2D eigenvalue weighted by Gasteiger charge is -2.02. The fourth-order valence-corrected chi connectivity index (χ4v) is 1.28. The molecular formula is C12H11ClO3. The van der Waals surface area contributed by atoms with Crippen molar-refractivity contribution in [3.63, 3.8) is 0 Å². The average Bonchev–Trinajstić information content (AvgIpc) is 2.26. The zero-order valence-corrected chi connectivity index (χ0v) is 9.44. The standard InChI is InChI=1S/C12H11ClO3/c1-8(13)12(16)10-5-2-9(3-6-10)4-7-11(14)15/h2-8H,1H3,(H,14,15). The molecule has 1 N–H and O–H groups in total. The van der Waals surface area contributed by atoms with E-state index < -0.39 is 11.3 Å². The van der Waals surface area contributed by atoms with Crippen molar-refractivity contribution in [3.8, 4) is 0 Å². The first kappa shape index (κ1) is 12.5. The van der Waals surface area contributed by atoms with E-state index in [1.807, 2.05) is 0 Å². The minimum atomic E-state index is -1.01. The highest BCUT2D eigenvalue weighted by molar-refractivity contribution is 6.33. The molecule has 3 nitrogen and oxygen atoms in total. The number of aliphatic carboxylic acids is 1. The van der Waals surface area contributed by atoms with Gasteiger partial charge in [0, 0.05) is 11.6 Å². The van der Waals surface area contributed by atoms with Crippen LogP contribution in [0.2, 0.25) is 0 Å². The van der Waals surface area contributed by atoms with E-state index in [0.717, 1.165) is 11.6 Å². The van der Waals surface area contributed by atoms with E-state index in [0.29, 0.717) is 5.56 Å². The first-order valence-electron chi connectivity index (χ1n) is 4.70. The number of carboxylic acid groups (broad SMARTS) is 1. The van der Waals surface area contributed by atoms with Crippen LogP contribution >= 0.6 is 11.6 Å². The average molecular weight is 239 g/mol. The Bertz CT molecular complexity index is 418. The Hall–Kier alpha value is -1.61. The molecule has 0 aliphatic heterocycles. The third-order valence-electron chi connectivity index (χ3n) is 1.97. The van der Waals surface area contributed by atoms with Crippen LogP contribution in [-0.4, -0.2) is 22.2 Å². The second-order valence-corrected chi connectivity index (χ2v) is 3.93. The van der Waals surface area contributed by atoms with Crippen molar-refractivity contribution in [1.29, 1.82) is 0 Å². The molecular weight excluding hydrogens is 228 g/mol. The van der Waals surface area contributed by atoms with Gasteiger partial charge >= 0.3 is 5.97 Å². The smallest absolute Gasteiger partial charge is 0.328 e. The van der Waals surface area contributed by atoms with Gasteiger partial charge in [0.05, 0.1) is 5.38 Å². The van der Waals surface area contributed by atoms with E-state index in [2.05, 4.69) is 0 Å². The summed E-state index contributed by atoms with van der Waals surface area (Å²) in [4.78, 5) is 21.8. The number of benzene rings is 1. The summed E-state index contributed by atoms with van der Waals surface area (Å²) < 4.78 is 0. The van der Waals surface area contributed by atoms with Gasteiger partial charge in [0.15, 0.2) is 5.78 Å². The zero-order chi connectivity index (χ0) is 12.1. The van der Waals surface area contributed by atoms with E-state index >= 15 is 0 Å². The molecule has 1 aromatic rings. The van der Waals surface area contributed by atoms with Crippen LogP contribution < -0.4 is 0 Å². The number of carboxylic acids is 1. The van der Waals surface area contributed by atoms with Gasteiger partial charge in [-0.25, -0.2) is 4.79 Å². The van der Waals surface area contributed by atoms with Crippen LogP contribution in [0.25, 0.3) is 6.08 Å². The van der Waals surface area contributed by atoms with E-state index in [1.54, 1.807) is 31.2 Å². The second kappa shape index (κ2) is 5.47. The lowest BCUT2D eigenvalue weighted by Crippen LogP contribution is -2.09. The Balaban J connectivity index is 2.83. The van der Waals surface area contributed by atoms with Gasteiger partial charge in [-0.3, -0.25) is 4.79 Å². The maximum Gasteiger partial charge on any atom is 0.328 e. The molecule has 0 radical (unpaired) electrons. The number of carbonyl (C=O) groups excluding carboxylic acids is 1. The number of halogens is 1. The van der Waals surface area contributed by atoms with Crippen LogP contribution in [0.1, 0.15) is 22.8 Å². The lowest BCUT2D eigenvalue weighted by molar-refractivity contribution is -0.131. The molecule has 0 aromatic heterocycles. The molecule has 0 aliphatic rings. The highest BCUT2D eigenvalue weighted by Gasteiger charge is 2.11. The summed E-state index contributed by atoms with van der Waals surface area (Å²) in [6.07, 6.45) is 2.50. The van der Waals surface area contributed by atoms with Gasteiger partial charge in [-0.2, -0.15) is 0 Å². The van der Waals surface area contributed by atoms with E-state index in [-0.39, 0.29) is 5.78 Å². The Labute approximate surface area is 98.4 Å². The Morgan fingerprint density at radius 1 is 1.31 bits per heavy atom. The molecule has 0 amide bonds. The van der Waals surface area contributed by atoms with Crippen molar-refractivity contribution < 1.29 is 14.7 Å². The largest absolute Gasteiger partial charge is 0.478 e. The third kappa shape index (κ3) is 3.51. The van der Waals surface area contributed by atoms with Crippen molar-refractivity contribution in [1.82, 2.24) is 0 Å². The number of hydrogen-bond acceptors (Lipinski definition) is 2. The van der Waals surface area contributed by atoms with Crippen LogP contribution in [0.3, 0.4) is 0 Å². The van der Waals surface area contributed by atoms with E-state index in [9.17, 15) is 9.59 Å².